The van der Waals surface area contributed by atoms with Crippen LogP contribution in [0.25, 0.3) is 0 Å². The first-order valence-corrected chi connectivity index (χ1v) is 6.97. The Morgan fingerprint density at radius 1 is 1.06 bits per heavy atom. The lowest BCUT2D eigenvalue weighted by atomic mass is 10.2. The van der Waals surface area contributed by atoms with Crippen LogP contribution in [0.1, 0.15) is 38.2 Å². The maximum Gasteiger partial charge on any atom is 0.244 e. The number of aromatic nitrogens is 2. The molecular weight excluding hydrogens is 220 g/mol. The summed E-state index contributed by atoms with van der Waals surface area (Å²) in [7, 11) is 0. The molecule has 2 aromatic rings. The van der Waals surface area contributed by atoms with Gasteiger partial charge in [-0.1, -0.05) is 50.1 Å². The number of hydrogen-bond acceptors (Lipinski definition) is 0. The minimum absolute atomic E-state index is 0.961. The second-order valence-electron chi connectivity index (χ2n) is 4.87. The van der Waals surface area contributed by atoms with Gasteiger partial charge in [0.15, 0.2) is 0 Å². The van der Waals surface area contributed by atoms with Crippen LogP contribution in [0.3, 0.4) is 0 Å². The Bertz CT molecular complexity index is 445. The van der Waals surface area contributed by atoms with Gasteiger partial charge in [-0.3, -0.25) is 0 Å². The molecule has 0 unspecified atom stereocenters. The third-order valence-electron chi connectivity index (χ3n) is 3.22. The van der Waals surface area contributed by atoms with Gasteiger partial charge in [0.05, 0.1) is 6.54 Å². The molecule has 0 aliphatic rings. The fourth-order valence-corrected chi connectivity index (χ4v) is 2.18. The first-order chi connectivity index (χ1) is 8.88. The Labute approximate surface area is 110 Å². The summed E-state index contributed by atoms with van der Waals surface area (Å²) in [6.45, 7) is 4.36. The summed E-state index contributed by atoms with van der Waals surface area (Å²) in [6.07, 6.45) is 11.8. The lowest BCUT2D eigenvalue weighted by molar-refractivity contribution is -0.696. The van der Waals surface area contributed by atoms with Crippen LogP contribution >= 0.6 is 0 Å². The van der Waals surface area contributed by atoms with Crippen molar-refractivity contribution in [3.63, 3.8) is 0 Å². The van der Waals surface area contributed by atoms with Gasteiger partial charge >= 0.3 is 0 Å². The fourth-order valence-electron chi connectivity index (χ4n) is 2.18. The topological polar surface area (TPSA) is 8.81 Å². The van der Waals surface area contributed by atoms with Crippen molar-refractivity contribution in [3.05, 3.63) is 54.6 Å². The summed E-state index contributed by atoms with van der Waals surface area (Å²) in [6, 6.07) is 10.6. The molecule has 0 saturated carbocycles. The third-order valence-corrected chi connectivity index (χ3v) is 3.22. The largest absolute Gasteiger partial charge is 0.244 e. The van der Waals surface area contributed by atoms with E-state index in [-0.39, 0.29) is 0 Å². The van der Waals surface area contributed by atoms with Gasteiger partial charge < -0.3 is 0 Å². The molecular formula is C16H23N2+. The molecule has 1 aromatic carbocycles. The Balaban J connectivity index is 1.83. The standard InChI is InChI=1S/C16H23N2/c1-2-3-4-8-11-17-12-13-18(15-17)14-16-9-6-5-7-10-16/h5-7,9-10,12-13,15H,2-4,8,11,14H2,1H3/q+1. The molecule has 2 nitrogen and oxygen atoms in total. The molecule has 0 atom stereocenters. The van der Waals surface area contributed by atoms with E-state index in [9.17, 15) is 0 Å². The molecule has 2 heteroatoms. The summed E-state index contributed by atoms with van der Waals surface area (Å²) < 4.78 is 4.54. The van der Waals surface area contributed by atoms with Crippen molar-refractivity contribution in [2.45, 2.75) is 45.7 Å². The molecule has 0 radical (unpaired) electrons. The van der Waals surface area contributed by atoms with E-state index in [1.54, 1.807) is 0 Å². The maximum absolute atomic E-state index is 2.29. The van der Waals surface area contributed by atoms with E-state index in [1.807, 2.05) is 0 Å². The number of nitrogens with zero attached hydrogens (tertiary/aromatic N) is 2. The molecule has 0 spiro atoms. The van der Waals surface area contributed by atoms with Gasteiger partial charge in [0, 0.05) is 0 Å². The highest BCUT2D eigenvalue weighted by Crippen LogP contribution is 2.02. The molecule has 0 bridgehead atoms. The third kappa shape index (κ3) is 4.02. The van der Waals surface area contributed by atoms with Crippen molar-refractivity contribution in [1.82, 2.24) is 4.57 Å². The van der Waals surface area contributed by atoms with Crippen LogP contribution in [0.4, 0.5) is 0 Å². The highest BCUT2D eigenvalue weighted by atomic mass is 15.1. The molecule has 1 aromatic heterocycles. The normalized spacial score (nSPS) is 10.7. The van der Waals surface area contributed by atoms with E-state index >= 15 is 0 Å². The summed E-state index contributed by atoms with van der Waals surface area (Å²) >= 11 is 0. The molecule has 0 aliphatic heterocycles. The zero-order valence-electron chi connectivity index (χ0n) is 11.3. The van der Waals surface area contributed by atoms with E-state index in [0.717, 1.165) is 13.1 Å². The first kappa shape index (κ1) is 12.9. The van der Waals surface area contributed by atoms with Crippen LogP contribution in [0.5, 0.6) is 0 Å². The van der Waals surface area contributed by atoms with Crippen molar-refractivity contribution in [3.8, 4) is 0 Å². The van der Waals surface area contributed by atoms with Crippen molar-refractivity contribution >= 4 is 0 Å². The van der Waals surface area contributed by atoms with Gasteiger partial charge in [0.2, 0.25) is 6.33 Å². The van der Waals surface area contributed by atoms with E-state index in [0.29, 0.717) is 0 Å². The monoisotopic (exact) mass is 243 g/mol. The predicted octanol–water partition coefficient (Wildman–Crippen LogP) is 3.40. The summed E-state index contributed by atoms with van der Waals surface area (Å²) in [5.74, 6) is 0. The Hall–Kier alpha value is -1.57. The van der Waals surface area contributed by atoms with Gasteiger partial charge in [-0.2, -0.15) is 0 Å². The molecule has 1 heterocycles. The number of benzene rings is 1. The van der Waals surface area contributed by atoms with Crippen molar-refractivity contribution in [2.75, 3.05) is 0 Å². The average molecular weight is 243 g/mol. The molecule has 96 valence electrons. The van der Waals surface area contributed by atoms with Crippen molar-refractivity contribution < 1.29 is 4.57 Å². The molecule has 0 fully saturated rings. The number of aryl methyl sites for hydroxylation is 1. The fraction of sp³-hybridized carbons (Fsp3) is 0.438. The zero-order valence-corrected chi connectivity index (χ0v) is 11.3. The number of hydrogen-bond donors (Lipinski definition) is 0. The molecule has 0 amide bonds. The predicted molar refractivity (Wildman–Crippen MR) is 74.3 cm³/mol. The van der Waals surface area contributed by atoms with E-state index in [2.05, 4.69) is 65.1 Å². The number of rotatable bonds is 7. The molecule has 2 rings (SSSR count). The van der Waals surface area contributed by atoms with Crippen LogP contribution in [0, 0.1) is 0 Å². The van der Waals surface area contributed by atoms with Crippen LogP contribution in [0.15, 0.2) is 49.1 Å². The van der Waals surface area contributed by atoms with Gasteiger partial charge in [-0.15, -0.1) is 0 Å². The lowest BCUT2D eigenvalue weighted by Crippen LogP contribution is -2.30. The quantitative estimate of drug-likeness (QED) is 0.520. The maximum atomic E-state index is 2.29. The Morgan fingerprint density at radius 3 is 2.67 bits per heavy atom. The van der Waals surface area contributed by atoms with E-state index < -0.39 is 0 Å². The molecule has 0 aliphatic carbocycles. The SMILES string of the molecule is CCCCCC[n+]1ccn(Cc2ccccc2)c1. The Kier molecular flexibility index (Phi) is 5.00. The summed E-state index contributed by atoms with van der Waals surface area (Å²) in [4.78, 5) is 0. The summed E-state index contributed by atoms with van der Waals surface area (Å²) in [5.41, 5.74) is 1.35. The van der Waals surface area contributed by atoms with Crippen LogP contribution in [-0.4, -0.2) is 4.57 Å². The molecule has 0 N–H and O–H groups in total. The van der Waals surface area contributed by atoms with Gasteiger partial charge in [0.25, 0.3) is 0 Å². The Morgan fingerprint density at radius 2 is 1.89 bits per heavy atom. The van der Waals surface area contributed by atoms with Gasteiger partial charge in [-0.25, -0.2) is 9.13 Å². The van der Waals surface area contributed by atoms with E-state index in [4.69, 9.17) is 0 Å². The number of imidazole rings is 1. The second-order valence-corrected chi connectivity index (χ2v) is 4.87. The van der Waals surface area contributed by atoms with E-state index in [1.165, 1.54) is 31.2 Å². The highest BCUT2D eigenvalue weighted by Gasteiger charge is 2.03. The van der Waals surface area contributed by atoms with Gasteiger partial charge in [0.1, 0.15) is 18.9 Å². The number of unbranched alkanes of at least 4 members (excludes halogenated alkanes) is 3. The smallest absolute Gasteiger partial charge is 0.237 e. The lowest BCUT2D eigenvalue weighted by Gasteiger charge is -1.97. The van der Waals surface area contributed by atoms with Crippen LogP contribution in [0.2, 0.25) is 0 Å². The summed E-state index contributed by atoms with van der Waals surface area (Å²) in [5, 5.41) is 0. The first-order valence-electron chi connectivity index (χ1n) is 6.97. The minimum Gasteiger partial charge on any atom is -0.237 e. The zero-order chi connectivity index (χ0) is 12.6. The average Bonchev–Trinajstić information content (AvgIpc) is 2.84. The van der Waals surface area contributed by atoms with Crippen LogP contribution < -0.4 is 4.57 Å². The van der Waals surface area contributed by atoms with Gasteiger partial charge in [-0.05, 0) is 18.4 Å². The van der Waals surface area contributed by atoms with Crippen molar-refractivity contribution in [2.24, 2.45) is 0 Å². The molecule has 18 heavy (non-hydrogen) atoms. The van der Waals surface area contributed by atoms with Crippen molar-refractivity contribution in [1.29, 1.82) is 0 Å². The second kappa shape index (κ2) is 7.00. The minimum atomic E-state index is 0.961. The highest BCUT2D eigenvalue weighted by molar-refractivity contribution is 5.14. The molecule has 0 saturated heterocycles. The van der Waals surface area contributed by atoms with Crippen LogP contribution in [-0.2, 0) is 13.1 Å².